The van der Waals surface area contributed by atoms with Gasteiger partial charge >= 0.3 is 0 Å². The molecule has 2 heterocycles. The Morgan fingerprint density at radius 1 is 0.902 bits per heavy atom. The molecule has 0 saturated carbocycles. The van der Waals surface area contributed by atoms with E-state index in [9.17, 15) is 13.5 Å². The summed E-state index contributed by atoms with van der Waals surface area (Å²) in [6.07, 6.45) is 0. The quantitative estimate of drug-likeness (QED) is 0.184. The summed E-state index contributed by atoms with van der Waals surface area (Å²) in [4.78, 5) is 10.5. The molecule has 41 heavy (non-hydrogen) atoms. The Bertz CT molecular complexity index is 1780. The maximum atomic E-state index is 13.3. The lowest BCUT2D eigenvalue weighted by molar-refractivity contribution is 0.294. The molecule has 0 spiro atoms. The first kappa shape index (κ1) is 27.1. The number of fused-ring (bicyclic) bond motifs is 1. The number of aromatic nitrogens is 1. The Morgan fingerprint density at radius 2 is 1.59 bits per heavy atom. The summed E-state index contributed by atoms with van der Waals surface area (Å²) in [6.45, 7) is 3.11. The molecular formula is C32H30N4O3S2. The SMILES string of the molecule is O=S(=O)(Nc1ccccc1)c1ccc2[nH]c(O)c(C(=Nc3ccc(CN4CCSCC4)cc3)c3ccccc3)c2c1. The average Bonchev–Trinajstić information content (AvgIpc) is 3.33. The van der Waals surface area contributed by atoms with E-state index >= 15 is 0 Å². The fourth-order valence-corrected chi connectivity index (χ4v) is 7.03. The highest BCUT2D eigenvalue weighted by Gasteiger charge is 2.22. The summed E-state index contributed by atoms with van der Waals surface area (Å²) in [5, 5.41) is 11.6. The summed E-state index contributed by atoms with van der Waals surface area (Å²) in [7, 11) is -3.87. The summed E-state index contributed by atoms with van der Waals surface area (Å²) in [6, 6.07) is 31.3. The standard InChI is InChI=1S/C32H30N4O3S2/c37-32-30(28-21-27(15-16-29(28)34-32)41(38,39)35-26-9-5-2-6-10-26)31(24-7-3-1-4-8-24)33-25-13-11-23(12-14-25)22-36-17-19-40-20-18-36/h1-16,21,34-35,37H,17-20,22H2. The van der Waals surface area contributed by atoms with Crippen molar-refractivity contribution in [3.8, 4) is 5.88 Å². The fourth-order valence-electron chi connectivity index (χ4n) is 4.97. The van der Waals surface area contributed by atoms with Crippen LogP contribution in [0.2, 0.25) is 0 Å². The Labute approximate surface area is 244 Å². The number of sulfonamides is 1. The van der Waals surface area contributed by atoms with Gasteiger partial charge in [0.2, 0.25) is 0 Å². The van der Waals surface area contributed by atoms with E-state index < -0.39 is 10.0 Å². The molecule has 9 heteroatoms. The van der Waals surface area contributed by atoms with E-state index in [1.807, 2.05) is 60.3 Å². The van der Waals surface area contributed by atoms with Gasteiger partial charge in [0.1, 0.15) is 0 Å². The Kier molecular flexibility index (Phi) is 7.82. The second-order valence-electron chi connectivity index (χ2n) is 9.91. The van der Waals surface area contributed by atoms with Crippen LogP contribution in [-0.4, -0.2) is 53.7 Å². The number of aromatic amines is 1. The van der Waals surface area contributed by atoms with Gasteiger partial charge in [-0.2, -0.15) is 11.8 Å². The number of H-pyrrole nitrogens is 1. The van der Waals surface area contributed by atoms with Gasteiger partial charge < -0.3 is 10.1 Å². The first-order valence-corrected chi connectivity index (χ1v) is 16.1. The topological polar surface area (TPSA) is 97.8 Å². The summed E-state index contributed by atoms with van der Waals surface area (Å²) < 4.78 is 29.1. The van der Waals surface area contributed by atoms with Crippen LogP contribution in [-0.2, 0) is 16.6 Å². The number of aromatic hydroxyl groups is 1. The molecular weight excluding hydrogens is 553 g/mol. The molecule has 1 aliphatic heterocycles. The number of rotatable bonds is 8. The Balaban J connectivity index is 1.39. The van der Waals surface area contributed by atoms with Gasteiger partial charge in [0.25, 0.3) is 10.0 Å². The molecule has 0 bridgehead atoms. The van der Waals surface area contributed by atoms with Crippen LogP contribution in [0, 0.1) is 0 Å². The number of hydrogen-bond donors (Lipinski definition) is 3. The largest absolute Gasteiger partial charge is 0.494 e. The van der Waals surface area contributed by atoms with Crippen LogP contribution in [0.3, 0.4) is 0 Å². The maximum Gasteiger partial charge on any atom is 0.261 e. The minimum atomic E-state index is -3.87. The number of aliphatic imine (C=N–C) groups is 1. The molecule has 0 amide bonds. The molecule has 7 nitrogen and oxygen atoms in total. The van der Waals surface area contributed by atoms with Crippen molar-refractivity contribution in [3.63, 3.8) is 0 Å². The van der Waals surface area contributed by atoms with Crippen LogP contribution in [0.1, 0.15) is 16.7 Å². The smallest absolute Gasteiger partial charge is 0.261 e. The second-order valence-corrected chi connectivity index (χ2v) is 12.8. The summed E-state index contributed by atoms with van der Waals surface area (Å²) in [5.74, 6) is 2.26. The van der Waals surface area contributed by atoms with Crippen molar-refractivity contribution in [2.75, 3.05) is 29.3 Å². The van der Waals surface area contributed by atoms with Crippen LogP contribution in [0.5, 0.6) is 5.88 Å². The normalized spacial score (nSPS) is 14.8. The minimum Gasteiger partial charge on any atom is -0.494 e. The lowest BCUT2D eigenvalue weighted by Gasteiger charge is -2.26. The molecule has 0 atom stereocenters. The lowest BCUT2D eigenvalue weighted by Crippen LogP contribution is -2.31. The third kappa shape index (κ3) is 6.17. The second kappa shape index (κ2) is 11.8. The van der Waals surface area contributed by atoms with E-state index in [4.69, 9.17) is 4.99 Å². The maximum absolute atomic E-state index is 13.3. The van der Waals surface area contributed by atoms with Gasteiger partial charge in [-0.3, -0.25) is 9.62 Å². The average molecular weight is 583 g/mol. The zero-order chi connectivity index (χ0) is 28.2. The van der Waals surface area contributed by atoms with Crippen LogP contribution in [0.25, 0.3) is 10.9 Å². The molecule has 4 aromatic carbocycles. The van der Waals surface area contributed by atoms with E-state index in [0.29, 0.717) is 27.9 Å². The van der Waals surface area contributed by atoms with Crippen LogP contribution >= 0.6 is 11.8 Å². The van der Waals surface area contributed by atoms with Crippen molar-refractivity contribution in [3.05, 3.63) is 120 Å². The number of para-hydroxylation sites is 1. The van der Waals surface area contributed by atoms with Crippen LogP contribution < -0.4 is 4.72 Å². The first-order chi connectivity index (χ1) is 20.0. The van der Waals surface area contributed by atoms with Gasteiger partial charge in [0.15, 0.2) is 5.88 Å². The predicted octanol–water partition coefficient (Wildman–Crippen LogP) is 6.39. The third-order valence-electron chi connectivity index (χ3n) is 7.06. The van der Waals surface area contributed by atoms with Gasteiger partial charge in [-0.1, -0.05) is 60.7 Å². The lowest BCUT2D eigenvalue weighted by atomic mass is 10.0. The summed E-state index contributed by atoms with van der Waals surface area (Å²) >= 11 is 2.00. The molecule has 1 aliphatic rings. The van der Waals surface area contributed by atoms with Crippen molar-refractivity contribution < 1.29 is 13.5 Å². The first-order valence-electron chi connectivity index (χ1n) is 13.4. The van der Waals surface area contributed by atoms with E-state index in [1.165, 1.54) is 23.1 Å². The molecule has 1 aromatic heterocycles. The Hall–Kier alpha value is -4.05. The molecule has 0 aliphatic carbocycles. The molecule has 3 N–H and O–H groups in total. The molecule has 0 radical (unpaired) electrons. The molecule has 1 fully saturated rings. The highest BCUT2D eigenvalue weighted by molar-refractivity contribution is 7.99. The predicted molar refractivity (Wildman–Crippen MR) is 168 cm³/mol. The van der Waals surface area contributed by atoms with Crippen molar-refractivity contribution >= 4 is 49.8 Å². The highest BCUT2D eigenvalue weighted by atomic mass is 32.2. The molecule has 5 aromatic rings. The van der Waals surface area contributed by atoms with Crippen molar-refractivity contribution in [1.29, 1.82) is 0 Å². The van der Waals surface area contributed by atoms with Gasteiger partial charge in [-0.05, 0) is 48.0 Å². The molecule has 0 unspecified atom stereocenters. The van der Waals surface area contributed by atoms with Crippen LogP contribution in [0.15, 0.2) is 113 Å². The Morgan fingerprint density at radius 3 is 2.29 bits per heavy atom. The van der Waals surface area contributed by atoms with E-state index in [-0.39, 0.29) is 10.8 Å². The number of hydrogen-bond acceptors (Lipinski definition) is 6. The molecule has 1 saturated heterocycles. The number of anilines is 1. The van der Waals surface area contributed by atoms with Gasteiger partial charge in [-0.15, -0.1) is 0 Å². The molecule has 208 valence electrons. The van der Waals surface area contributed by atoms with Crippen LogP contribution in [0.4, 0.5) is 11.4 Å². The fraction of sp³-hybridized carbons (Fsp3) is 0.156. The van der Waals surface area contributed by atoms with Crippen molar-refractivity contribution in [2.45, 2.75) is 11.4 Å². The van der Waals surface area contributed by atoms with Crippen molar-refractivity contribution in [2.24, 2.45) is 4.99 Å². The monoisotopic (exact) mass is 582 g/mol. The molecule has 6 rings (SSSR count). The van der Waals surface area contributed by atoms with Crippen molar-refractivity contribution in [1.82, 2.24) is 9.88 Å². The van der Waals surface area contributed by atoms with Gasteiger partial charge in [0, 0.05) is 53.3 Å². The zero-order valence-electron chi connectivity index (χ0n) is 22.3. The van der Waals surface area contributed by atoms with Gasteiger partial charge in [-0.25, -0.2) is 13.4 Å². The highest BCUT2D eigenvalue weighted by Crippen LogP contribution is 2.33. The third-order valence-corrected chi connectivity index (χ3v) is 9.38. The number of thioether (sulfide) groups is 1. The number of nitrogens with zero attached hydrogens (tertiary/aromatic N) is 2. The number of benzene rings is 4. The van der Waals surface area contributed by atoms with Gasteiger partial charge in [0.05, 0.1) is 21.9 Å². The zero-order valence-corrected chi connectivity index (χ0v) is 24.0. The summed E-state index contributed by atoms with van der Waals surface area (Å²) in [5.41, 5.74) is 4.83. The van der Waals surface area contributed by atoms with E-state index in [1.54, 1.807) is 36.4 Å². The van der Waals surface area contributed by atoms with E-state index in [0.717, 1.165) is 30.9 Å². The number of nitrogens with one attached hydrogen (secondary N) is 2. The van der Waals surface area contributed by atoms with E-state index in [2.05, 4.69) is 26.7 Å². The minimum absolute atomic E-state index is 0.0761.